The van der Waals surface area contributed by atoms with E-state index in [4.69, 9.17) is 0 Å². The van der Waals surface area contributed by atoms with Crippen molar-refractivity contribution in [2.75, 3.05) is 4.72 Å². The van der Waals surface area contributed by atoms with Gasteiger partial charge in [0.05, 0.1) is 4.90 Å². The van der Waals surface area contributed by atoms with Gasteiger partial charge < -0.3 is 4.52 Å². The highest BCUT2D eigenvalue weighted by Crippen LogP contribution is 2.21. The van der Waals surface area contributed by atoms with Gasteiger partial charge in [0.2, 0.25) is 0 Å². The van der Waals surface area contributed by atoms with Crippen molar-refractivity contribution in [3.63, 3.8) is 0 Å². The molecule has 1 aromatic heterocycles. The first-order valence-electron chi connectivity index (χ1n) is 5.80. The largest absolute Gasteiger partial charge is 0.363 e. The molecule has 2 aromatic rings. The normalized spacial score (nSPS) is 11.7. The summed E-state index contributed by atoms with van der Waals surface area (Å²) in [6.45, 7) is 1.43. The van der Waals surface area contributed by atoms with Crippen molar-refractivity contribution in [2.24, 2.45) is 0 Å². The molecule has 2 rings (SSSR count). The predicted molar refractivity (Wildman–Crippen MR) is 86.2 cm³/mol. The molecule has 0 aliphatic rings. The molecule has 8 heteroatoms. The molecule has 1 heterocycles. The molecule has 0 aliphatic heterocycles. The lowest BCUT2D eigenvalue weighted by molar-refractivity contribution is -0.112. The fourth-order valence-electron chi connectivity index (χ4n) is 1.49. The van der Waals surface area contributed by atoms with E-state index in [2.05, 4.69) is 37.0 Å². The molecule has 0 atom stereocenters. The quantitative estimate of drug-likeness (QED) is 0.596. The third-order valence-corrected chi connectivity index (χ3v) is 4.79. The van der Waals surface area contributed by atoms with Crippen LogP contribution >= 0.6 is 22.6 Å². The third kappa shape index (κ3) is 4.14. The predicted octanol–water partition coefficient (Wildman–Crippen LogP) is 2.68. The van der Waals surface area contributed by atoms with Crippen LogP contribution in [0.4, 0.5) is 5.82 Å². The van der Waals surface area contributed by atoms with Gasteiger partial charge in [-0.3, -0.25) is 9.52 Å². The van der Waals surface area contributed by atoms with E-state index >= 15 is 0 Å². The minimum atomic E-state index is -3.76. The average Bonchev–Trinajstić information content (AvgIpc) is 2.89. The summed E-state index contributed by atoms with van der Waals surface area (Å²) in [5.74, 6) is -0.00541. The summed E-state index contributed by atoms with van der Waals surface area (Å²) < 4.78 is 32.1. The van der Waals surface area contributed by atoms with Crippen molar-refractivity contribution < 1.29 is 17.7 Å². The second-order valence-electron chi connectivity index (χ2n) is 4.12. The molecule has 0 saturated heterocycles. The summed E-state index contributed by atoms with van der Waals surface area (Å²) >= 11 is 2.07. The number of nitrogens with zero attached hydrogens (tertiary/aromatic N) is 1. The minimum Gasteiger partial charge on any atom is -0.363 e. The fourth-order valence-corrected chi connectivity index (χ4v) is 3.03. The van der Waals surface area contributed by atoms with E-state index in [0.717, 1.165) is 3.57 Å². The van der Waals surface area contributed by atoms with Crippen LogP contribution in [0.1, 0.15) is 12.5 Å². The number of halogens is 1. The monoisotopic (exact) mass is 418 g/mol. The van der Waals surface area contributed by atoms with Crippen LogP contribution in [0.25, 0.3) is 6.08 Å². The number of ketones is 1. The summed E-state index contributed by atoms with van der Waals surface area (Å²) in [6, 6.07) is 6.04. The smallest absolute Gasteiger partial charge is 0.263 e. The molecule has 0 fully saturated rings. The first-order chi connectivity index (χ1) is 9.88. The third-order valence-electron chi connectivity index (χ3n) is 2.45. The van der Waals surface area contributed by atoms with Crippen LogP contribution in [0.2, 0.25) is 0 Å². The maximum Gasteiger partial charge on any atom is 0.263 e. The Morgan fingerprint density at radius 2 is 2.14 bits per heavy atom. The average molecular weight is 418 g/mol. The molecular weight excluding hydrogens is 407 g/mol. The van der Waals surface area contributed by atoms with Gasteiger partial charge in [0.25, 0.3) is 10.0 Å². The van der Waals surface area contributed by atoms with Gasteiger partial charge >= 0.3 is 0 Å². The van der Waals surface area contributed by atoms with Crippen molar-refractivity contribution in [3.8, 4) is 0 Å². The lowest BCUT2D eigenvalue weighted by Gasteiger charge is -2.07. The molecule has 110 valence electrons. The molecule has 0 amide bonds. The Balaban J connectivity index is 2.35. The van der Waals surface area contributed by atoms with E-state index < -0.39 is 10.0 Å². The number of hydrogen-bond acceptors (Lipinski definition) is 5. The Hall–Kier alpha value is -1.68. The van der Waals surface area contributed by atoms with Gasteiger partial charge in [-0.2, -0.15) is 0 Å². The summed E-state index contributed by atoms with van der Waals surface area (Å²) in [6.07, 6.45) is 4.24. The van der Waals surface area contributed by atoms with Gasteiger partial charge in [0.1, 0.15) is 6.26 Å². The zero-order valence-electron chi connectivity index (χ0n) is 10.9. The van der Waals surface area contributed by atoms with Crippen LogP contribution in [0.5, 0.6) is 0 Å². The molecule has 0 spiro atoms. The first-order valence-corrected chi connectivity index (χ1v) is 8.36. The van der Waals surface area contributed by atoms with Crippen molar-refractivity contribution in [1.29, 1.82) is 0 Å². The maximum atomic E-state index is 12.2. The minimum absolute atomic E-state index is 0.0779. The van der Waals surface area contributed by atoms with Crippen LogP contribution in [0.15, 0.2) is 46.0 Å². The highest BCUT2D eigenvalue weighted by atomic mass is 127. The molecule has 21 heavy (non-hydrogen) atoms. The number of nitrogens with one attached hydrogen (secondary N) is 1. The summed E-state index contributed by atoms with van der Waals surface area (Å²) in [5, 5.41) is 3.50. The molecule has 0 saturated carbocycles. The number of aromatic nitrogens is 1. The van der Waals surface area contributed by atoms with Crippen molar-refractivity contribution in [2.45, 2.75) is 11.8 Å². The number of anilines is 1. The van der Waals surface area contributed by atoms with Gasteiger partial charge in [-0.05, 0) is 59.4 Å². The molecule has 6 nitrogen and oxygen atoms in total. The number of sulfonamides is 1. The number of rotatable bonds is 5. The SMILES string of the molecule is CC(=O)/C=C/c1cc(S(=O)(=O)Nc2ccon2)ccc1I. The topological polar surface area (TPSA) is 89.3 Å². The van der Waals surface area contributed by atoms with E-state index in [1.807, 2.05) is 0 Å². The van der Waals surface area contributed by atoms with Crippen molar-refractivity contribution in [1.82, 2.24) is 5.16 Å². The summed E-state index contributed by atoms with van der Waals surface area (Å²) in [4.78, 5) is 11.1. The van der Waals surface area contributed by atoms with Gasteiger partial charge in [-0.1, -0.05) is 11.2 Å². The zero-order chi connectivity index (χ0) is 15.5. The Bertz CT molecular complexity index is 783. The molecular formula is C13H11IN2O4S. The van der Waals surface area contributed by atoms with E-state index in [-0.39, 0.29) is 16.5 Å². The van der Waals surface area contributed by atoms with E-state index in [1.54, 1.807) is 12.1 Å². The summed E-state index contributed by atoms with van der Waals surface area (Å²) in [7, 11) is -3.76. The van der Waals surface area contributed by atoms with E-state index in [9.17, 15) is 13.2 Å². The molecule has 0 unspecified atom stereocenters. The van der Waals surface area contributed by atoms with Gasteiger partial charge in [-0.25, -0.2) is 8.42 Å². The van der Waals surface area contributed by atoms with E-state index in [1.165, 1.54) is 37.5 Å². The first kappa shape index (κ1) is 15.7. The van der Waals surface area contributed by atoms with Crippen LogP contribution in [0.3, 0.4) is 0 Å². The van der Waals surface area contributed by atoms with Crippen LogP contribution < -0.4 is 4.72 Å². The zero-order valence-corrected chi connectivity index (χ0v) is 13.9. The lowest BCUT2D eigenvalue weighted by atomic mass is 10.2. The highest BCUT2D eigenvalue weighted by molar-refractivity contribution is 14.1. The molecule has 0 bridgehead atoms. The second kappa shape index (κ2) is 6.39. The molecule has 0 radical (unpaired) electrons. The van der Waals surface area contributed by atoms with Gasteiger partial charge in [0, 0.05) is 9.64 Å². The van der Waals surface area contributed by atoms with Crippen molar-refractivity contribution >= 4 is 50.3 Å². The number of hydrogen-bond donors (Lipinski definition) is 1. The van der Waals surface area contributed by atoms with Crippen LogP contribution in [-0.2, 0) is 14.8 Å². The Kier molecular flexibility index (Phi) is 4.78. The van der Waals surface area contributed by atoms with Crippen LogP contribution in [-0.4, -0.2) is 19.4 Å². The molecule has 1 N–H and O–H groups in total. The Labute approximate surface area is 135 Å². The molecule has 1 aromatic carbocycles. The Morgan fingerprint density at radius 1 is 1.38 bits per heavy atom. The van der Waals surface area contributed by atoms with Gasteiger partial charge in [0.15, 0.2) is 11.6 Å². The fraction of sp³-hybridized carbons (Fsp3) is 0.0769. The van der Waals surface area contributed by atoms with Crippen molar-refractivity contribution in [3.05, 3.63) is 45.7 Å². The Morgan fingerprint density at radius 3 is 2.76 bits per heavy atom. The number of allylic oxidation sites excluding steroid dienone is 1. The van der Waals surface area contributed by atoms with E-state index in [0.29, 0.717) is 5.56 Å². The maximum absolute atomic E-state index is 12.2. The standard InChI is InChI=1S/C13H11IN2O4S/c1-9(17)2-3-10-8-11(4-5-12(10)14)21(18,19)16-13-6-7-20-15-13/h2-8H,1H3,(H,15,16)/b3-2+. The number of carbonyl (C=O) groups excluding carboxylic acids is 1. The second-order valence-corrected chi connectivity index (χ2v) is 6.96. The van der Waals surface area contributed by atoms with Crippen LogP contribution in [0, 0.1) is 3.57 Å². The number of benzene rings is 1. The summed E-state index contributed by atoms with van der Waals surface area (Å²) in [5.41, 5.74) is 0.647. The lowest BCUT2D eigenvalue weighted by Crippen LogP contribution is -2.13. The number of carbonyl (C=O) groups is 1. The highest BCUT2D eigenvalue weighted by Gasteiger charge is 2.16. The van der Waals surface area contributed by atoms with Gasteiger partial charge in [-0.15, -0.1) is 0 Å². The molecule has 0 aliphatic carbocycles.